The number of hydrogen-bond donors (Lipinski definition) is 3. The van der Waals surface area contributed by atoms with E-state index in [-0.39, 0.29) is 0 Å². The van der Waals surface area contributed by atoms with E-state index in [4.69, 9.17) is 10.1 Å². The summed E-state index contributed by atoms with van der Waals surface area (Å²) in [4.78, 5) is 0. The van der Waals surface area contributed by atoms with Crippen molar-refractivity contribution < 1.29 is 14.8 Å². The van der Waals surface area contributed by atoms with Gasteiger partial charge in [-0.05, 0) is 52.2 Å². The lowest BCUT2D eigenvalue weighted by atomic mass is 9.85. The van der Waals surface area contributed by atoms with Gasteiger partial charge in [0.25, 0.3) is 0 Å². The van der Waals surface area contributed by atoms with Crippen LogP contribution in [-0.4, -0.2) is 26.0 Å². The van der Waals surface area contributed by atoms with Crippen LogP contribution in [0.4, 0.5) is 5.69 Å². The van der Waals surface area contributed by atoms with Crippen LogP contribution in [0.25, 0.3) is 16.7 Å². The molecule has 2 aromatic rings. The van der Waals surface area contributed by atoms with E-state index in [9.17, 15) is 10.1 Å². The first-order valence-corrected chi connectivity index (χ1v) is 7.17. The van der Waals surface area contributed by atoms with E-state index < -0.39 is 7.05 Å². The zero-order chi connectivity index (χ0) is 16.4. The molecule has 0 bridgehead atoms. The molecule has 2 aromatic carbocycles. The van der Waals surface area contributed by atoms with Gasteiger partial charge < -0.3 is 20.0 Å². The molecule has 0 spiro atoms. The largest absolute Gasteiger partial charge is 0.877 e. The highest BCUT2D eigenvalue weighted by atomic mass is 16.4. The first-order valence-electron chi connectivity index (χ1n) is 7.17. The van der Waals surface area contributed by atoms with E-state index in [0.717, 1.165) is 46.1 Å². The smallest absolute Gasteiger partial charge is 0.409 e. The van der Waals surface area contributed by atoms with Gasteiger partial charge in [0.2, 0.25) is 0 Å². The molecule has 23 heavy (non-hydrogen) atoms. The fourth-order valence-electron chi connectivity index (χ4n) is 2.81. The molecule has 0 saturated carbocycles. The molecule has 113 valence electrons. The van der Waals surface area contributed by atoms with Crippen molar-refractivity contribution in [2.45, 2.75) is 6.82 Å². The lowest BCUT2D eigenvalue weighted by Gasteiger charge is -2.10. The molecule has 0 amide bonds. The molecule has 0 aromatic heterocycles. The van der Waals surface area contributed by atoms with Crippen LogP contribution in [0, 0.1) is 5.41 Å². The van der Waals surface area contributed by atoms with Gasteiger partial charge in [0.1, 0.15) is 6.40 Å². The van der Waals surface area contributed by atoms with E-state index in [1.165, 1.54) is 7.48 Å². The van der Waals surface area contributed by atoms with Crippen molar-refractivity contribution in [1.29, 1.82) is 5.41 Å². The summed E-state index contributed by atoms with van der Waals surface area (Å²) < 4.78 is 4.87. The maximum absolute atomic E-state index is 11.6. The fraction of sp³-hybridized carbons (Fsp3) is 0.0625. The predicted molar refractivity (Wildman–Crippen MR) is 91.7 cm³/mol. The molecule has 3 N–H and O–H groups in total. The van der Waals surface area contributed by atoms with Gasteiger partial charge in [0, 0.05) is 5.69 Å². The van der Waals surface area contributed by atoms with Crippen molar-refractivity contribution in [3.63, 3.8) is 0 Å². The summed E-state index contributed by atoms with van der Waals surface area (Å²) in [6.07, 6.45) is 1.69. The van der Waals surface area contributed by atoms with Gasteiger partial charge in [-0.3, -0.25) is 5.41 Å². The van der Waals surface area contributed by atoms with Gasteiger partial charge in [-0.25, -0.2) is 0 Å². The zero-order valence-electron chi connectivity index (χ0n) is 12.5. The van der Waals surface area contributed by atoms with Crippen LogP contribution < -0.4 is 15.8 Å². The number of fused-ring (bicyclic) bond motifs is 3. The summed E-state index contributed by atoms with van der Waals surface area (Å²) in [6, 6.07) is 11.4. The maximum Gasteiger partial charge on any atom is 0.409 e. The van der Waals surface area contributed by atoms with Crippen molar-refractivity contribution in [2.75, 3.05) is 5.23 Å². The molecular weight excluding hydrogens is 290 g/mol. The molecule has 3 rings (SSSR count). The highest BCUT2D eigenvalue weighted by Gasteiger charge is 2.23. The van der Waals surface area contributed by atoms with Crippen molar-refractivity contribution >= 4 is 37.7 Å². The lowest BCUT2D eigenvalue weighted by molar-refractivity contribution is -0.273. The van der Waals surface area contributed by atoms with Crippen LogP contribution in [0.2, 0.25) is 6.82 Å². The van der Waals surface area contributed by atoms with E-state index in [0.29, 0.717) is 5.57 Å². The van der Waals surface area contributed by atoms with Crippen molar-refractivity contribution in [3.8, 4) is 11.1 Å². The van der Waals surface area contributed by atoms with E-state index in [1.807, 2.05) is 36.4 Å². The van der Waals surface area contributed by atoms with Crippen LogP contribution in [0.3, 0.4) is 0 Å². The SMILES string of the molecule is CB(O)Nc1ccc2c(c1)/C(=C/[O-])c1cc([B]OC=N)ccc1-2. The summed E-state index contributed by atoms with van der Waals surface area (Å²) in [5, 5.41) is 30.9. The zero-order valence-corrected chi connectivity index (χ0v) is 12.5. The molecular formula is C16H14B2N2O3-. The molecule has 0 atom stereocenters. The van der Waals surface area contributed by atoms with Crippen molar-refractivity contribution in [3.05, 3.63) is 53.8 Å². The van der Waals surface area contributed by atoms with Crippen LogP contribution >= 0.6 is 0 Å². The van der Waals surface area contributed by atoms with Crippen LogP contribution in [0.5, 0.6) is 0 Å². The Kier molecular flexibility index (Phi) is 4.12. The van der Waals surface area contributed by atoms with Gasteiger partial charge in [-0.1, -0.05) is 24.3 Å². The van der Waals surface area contributed by atoms with E-state index in [2.05, 4.69) is 5.23 Å². The summed E-state index contributed by atoms with van der Waals surface area (Å²) in [6.45, 7) is 1.64. The average Bonchev–Trinajstić information content (AvgIpc) is 2.84. The maximum atomic E-state index is 11.6. The Bertz CT molecular complexity index is 791. The first kappa shape index (κ1) is 15.2. The number of rotatable bonds is 5. The molecule has 0 unspecified atom stereocenters. The van der Waals surface area contributed by atoms with Gasteiger partial charge in [-0.2, -0.15) is 0 Å². The van der Waals surface area contributed by atoms with Crippen LogP contribution in [0.1, 0.15) is 11.1 Å². The number of nitrogens with one attached hydrogen (secondary N) is 2. The molecule has 0 saturated heterocycles. The highest BCUT2D eigenvalue weighted by molar-refractivity contribution is 6.52. The Balaban J connectivity index is 2.04. The monoisotopic (exact) mass is 304 g/mol. The molecule has 1 aliphatic carbocycles. The minimum absolute atomic E-state index is 0.606. The molecule has 1 aliphatic rings. The number of anilines is 1. The standard InChI is InChI=1S/C16H15B2N2O3/c1-18(22)20-11-3-5-13-12-4-2-10(17-23-9-19)6-14(12)16(8-21)15(13)7-11/h2-9,19-22H,1H3/p-1/b16-8+,19-9?. The quantitative estimate of drug-likeness (QED) is 0.282. The molecule has 7 heteroatoms. The number of benzene rings is 2. The second-order valence-corrected chi connectivity index (χ2v) is 5.29. The molecule has 0 heterocycles. The Morgan fingerprint density at radius 2 is 1.87 bits per heavy atom. The van der Waals surface area contributed by atoms with Crippen molar-refractivity contribution in [2.24, 2.45) is 0 Å². The second-order valence-electron chi connectivity index (χ2n) is 5.29. The molecule has 0 fully saturated rings. The Morgan fingerprint density at radius 1 is 1.17 bits per heavy atom. The second kappa shape index (κ2) is 6.22. The Morgan fingerprint density at radius 3 is 2.52 bits per heavy atom. The lowest BCUT2D eigenvalue weighted by Crippen LogP contribution is -2.19. The molecule has 5 nitrogen and oxygen atoms in total. The average molecular weight is 304 g/mol. The number of hydrogen-bond acceptors (Lipinski definition) is 5. The van der Waals surface area contributed by atoms with E-state index >= 15 is 0 Å². The van der Waals surface area contributed by atoms with Crippen LogP contribution in [-0.2, 0) is 4.65 Å². The van der Waals surface area contributed by atoms with Gasteiger partial charge in [0.15, 0.2) is 0 Å². The fourth-order valence-corrected chi connectivity index (χ4v) is 2.81. The summed E-state index contributed by atoms with van der Waals surface area (Å²) in [5.74, 6) is 0. The minimum Gasteiger partial charge on any atom is -0.877 e. The Hall–Kier alpha value is -2.66. The van der Waals surface area contributed by atoms with E-state index in [1.54, 1.807) is 6.82 Å². The van der Waals surface area contributed by atoms with Crippen LogP contribution in [0.15, 0.2) is 42.7 Å². The van der Waals surface area contributed by atoms with Crippen molar-refractivity contribution in [1.82, 2.24) is 0 Å². The first-order chi connectivity index (χ1) is 11.1. The normalized spacial score (nSPS) is 13.2. The summed E-state index contributed by atoms with van der Waals surface area (Å²) in [7, 11) is 0.787. The third-order valence-electron chi connectivity index (χ3n) is 3.70. The Labute approximate surface area is 135 Å². The third kappa shape index (κ3) is 2.83. The minimum atomic E-state index is -0.670. The van der Waals surface area contributed by atoms with Gasteiger partial charge in [0.05, 0.1) is 0 Å². The molecule has 0 aliphatic heterocycles. The third-order valence-corrected chi connectivity index (χ3v) is 3.70. The van der Waals surface area contributed by atoms with Gasteiger partial charge in [-0.15, -0.1) is 6.26 Å². The highest BCUT2D eigenvalue weighted by Crippen LogP contribution is 2.44. The molecule has 1 radical (unpaired) electrons. The van der Waals surface area contributed by atoms with Gasteiger partial charge >= 0.3 is 14.5 Å². The topological polar surface area (TPSA) is 88.4 Å². The summed E-state index contributed by atoms with van der Waals surface area (Å²) >= 11 is 0. The predicted octanol–water partition coefficient (Wildman–Crippen LogP) is 0.807. The summed E-state index contributed by atoms with van der Waals surface area (Å²) in [5.41, 5.74) is 5.79.